The maximum atomic E-state index is 11.3. The molecule has 0 saturated carbocycles. The molecule has 1 aromatic rings. The molecule has 1 rings (SSSR count). The highest BCUT2D eigenvalue weighted by Gasteiger charge is 2.10. The van der Waals surface area contributed by atoms with Crippen LogP contribution >= 0.6 is 0 Å². The van der Waals surface area contributed by atoms with Crippen LogP contribution in [-0.2, 0) is 10.0 Å². The molecule has 0 aliphatic heterocycles. The lowest BCUT2D eigenvalue weighted by atomic mass is 10.1. The number of hydrogen-bond acceptors (Lipinski definition) is 3. The maximum absolute atomic E-state index is 11.3. The van der Waals surface area contributed by atoms with Gasteiger partial charge in [-0.3, -0.25) is 0 Å². The number of sulfonamides is 1. The van der Waals surface area contributed by atoms with E-state index in [1.54, 1.807) is 12.1 Å². The summed E-state index contributed by atoms with van der Waals surface area (Å²) in [5.74, 6) is 0. The molecule has 0 saturated heterocycles. The number of nitrogens with one attached hydrogen (secondary N) is 1. The molecule has 1 aromatic carbocycles. The summed E-state index contributed by atoms with van der Waals surface area (Å²) in [6, 6.07) is 6.91. The van der Waals surface area contributed by atoms with Gasteiger partial charge in [-0.1, -0.05) is 31.9 Å². The van der Waals surface area contributed by atoms with E-state index in [1.165, 1.54) is 18.9 Å². The van der Waals surface area contributed by atoms with Gasteiger partial charge in [-0.15, -0.1) is 0 Å². The molecule has 5 heteroatoms. The Morgan fingerprint density at radius 1 is 1.33 bits per heavy atom. The normalized spacial score (nSPS) is 13.5. The van der Waals surface area contributed by atoms with Crippen molar-refractivity contribution in [3.63, 3.8) is 0 Å². The average Bonchev–Trinajstić information content (AvgIpc) is 2.33. The summed E-state index contributed by atoms with van der Waals surface area (Å²) in [4.78, 5) is 0.169. The van der Waals surface area contributed by atoms with Gasteiger partial charge in [-0.05, 0) is 37.6 Å². The van der Waals surface area contributed by atoms with Crippen LogP contribution in [-0.4, -0.2) is 15.0 Å². The highest BCUT2D eigenvalue weighted by atomic mass is 32.2. The van der Waals surface area contributed by atoms with Crippen LogP contribution in [0.25, 0.3) is 0 Å². The van der Waals surface area contributed by atoms with Crippen LogP contribution in [0.15, 0.2) is 29.2 Å². The highest BCUT2D eigenvalue weighted by Crippen LogP contribution is 2.16. The Labute approximate surface area is 110 Å². The molecular weight excluding hydrogens is 248 g/mol. The molecule has 0 aromatic heterocycles. The van der Waals surface area contributed by atoms with E-state index in [0.717, 1.165) is 18.5 Å². The maximum Gasteiger partial charge on any atom is 0.238 e. The second-order valence-electron chi connectivity index (χ2n) is 4.50. The van der Waals surface area contributed by atoms with E-state index in [0.29, 0.717) is 0 Å². The van der Waals surface area contributed by atoms with Gasteiger partial charge in [0.25, 0.3) is 0 Å². The predicted molar refractivity (Wildman–Crippen MR) is 73.8 cm³/mol. The summed E-state index contributed by atoms with van der Waals surface area (Å²) in [6.07, 6.45) is 3.53. The zero-order valence-electron chi connectivity index (χ0n) is 11.0. The number of benzene rings is 1. The lowest BCUT2D eigenvalue weighted by Gasteiger charge is -2.14. The van der Waals surface area contributed by atoms with Crippen molar-refractivity contribution in [1.29, 1.82) is 0 Å². The molecule has 1 unspecified atom stereocenters. The molecule has 3 N–H and O–H groups in total. The first-order valence-corrected chi connectivity index (χ1v) is 7.86. The summed E-state index contributed by atoms with van der Waals surface area (Å²) in [7, 11) is -3.62. The lowest BCUT2D eigenvalue weighted by molar-refractivity contribution is 0.543. The van der Waals surface area contributed by atoms with Crippen molar-refractivity contribution < 1.29 is 8.42 Å². The topological polar surface area (TPSA) is 72.2 Å². The van der Waals surface area contributed by atoms with Crippen molar-refractivity contribution >= 4 is 10.0 Å². The van der Waals surface area contributed by atoms with Crippen LogP contribution in [0.3, 0.4) is 0 Å². The number of rotatable bonds is 7. The Morgan fingerprint density at radius 3 is 2.67 bits per heavy atom. The first-order chi connectivity index (χ1) is 8.45. The van der Waals surface area contributed by atoms with Gasteiger partial charge in [0.1, 0.15) is 0 Å². The Morgan fingerprint density at radius 2 is 2.06 bits per heavy atom. The molecule has 102 valence electrons. The van der Waals surface area contributed by atoms with Crippen molar-refractivity contribution in [2.75, 3.05) is 6.54 Å². The van der Waals surface area contributed by atoms with E-state index in [-0.39, 0.29) is 10.9 Å². The van der Waals surface area contributed by atoms with Gasteiger partial charge in [0.05, 0.1) is 4.90 Å². The van der Waals surface area contributed by atoms with E-state index in [1.807, 2.05) is 13.0 Å². The van der Waals surface area contributed by atoms with E-state index in [2.05, 4.69) is 12.2 Å². The molecule has 0 radical (unpaired) electrons. The standard InChI is InChI=1S/C13H22N2O2S/c1-3-4-5-9-15-11(2)12-7-6-8-13(10-12)18(14,16)17/h6-8,10-11,15H,3-5,9H2,1-2H3,(H2,14,16,17). The van der Waals surface area contributed by atoms with Crippen LogP contribution in [0, 0.1) is 0 Å². The molecule has 0 aliphatic carbocycles. The van der Waals surface area contributed by atoms with Gasteiger partial charge in [-0.2, -0.15) is 0 Å². The Kier molecular flexibility index (Phi) is 5.78. The van der Waals surface area contributed by atoms with E-state index >= 15 is 0 Å². The van der Waals surface area contributed by atoms with Crippen LogP contribution < -0.4 is 10.5 Å². The molecule has 0 heterocycles. The summed E-state index contributed by atoms with van der Waals surface area (Å²) < 4.78 is 22.5. The third kappa shape index (κ3) is 4.76. The monoisotopic (exact) mass is 270 g/mol. The predicted octanol–water partition coefficient (Wildman–Crippen LogP) is 2.17. The Bertz CT molecular complexity index is 472. The highest BCUT2D eigenvalue weighted by molar-refractivity contribution is 7.89. The molecule has 18 heavy (non-hydrogen) atoms. The largest absolute Gasteiger partial charge is 0.310 e. The van der Waals surface area contributed by atoms with Gasteiger partial charge >= 0.3 is 0 Å². The van der Waals surface area contributed by atoms with Crippen LogP contribution in [0.4, 0.5) is 0 Å². The summed E-state index contributed by atoms with van der Waals surface area (Å²) in [5.41, 5.74) is 0.943. The van der Waals surface area contributed by atoms with Gasteiger partial charge in [0, 0.05) is 6.04 Å². The minimum absolute atomic E-state index is 0.128. The SMILES string of the molecule is CCCCCNC(C)c1cccc(S(N)(=O)=O)c1. The molecule has 0 fully saturated rings. The zero-order valence-corrected chi connectivity index (χ0v) is 11.8. The Balaban J connectivity index is 2.66. The van der Waals surface area contributed by atoms with Gasteiger partial charge in [-0.25, -0.2) is 13.6 Å². The summed E-state index contributed by atoms with van der Waals surface area (Å²) in [5, 5.41) is 8.49. The molecule has 0 aliphatic rings. The third-order valence-corrected chi connectivity index (χ3v) is 3.83. The molecule has 4 nitrogen and oxygen atoms in total. The number of nitrogens with two attached hydrogens (primary N) is 1. The van der Waals surface area contributed by atoms with Crippen molar-refractivity contribution in [3.05, 3.63) is 29.8 Å². The number of primary sulfonamides is 1. The number of hydrogen-bond donors (Lipinski definition) is 2. The summed E-state index contributed by atoms with van der Waals surface area (Å²) >= 11 is 0. The van der Waals surface area contributed by atoms with Gasteiger partial charge < -0.3 is 5.32 Å². The van der Waals surface area contributed by atoms with Crippen LogP contribution in [0.2, 0.25) is 0 Å². The fraction of sp³-hybridized carbons (Fsp3) is 0.538. The zero-order chi connectivity index (χ0) is 13.6. The fourth-order valence-electron chi connectivity index (χ4n) is 1.77. The van der Waals surface area contributed by atoms with Gasteiger partial charge in [0.15, 0.2) is 0 Å². The first kappa shape index (κ1) is 15.1. The van der Waals surface area contributed by atoms with Crippen LogP contribution in [0.1, 0.15) is 44.7 Å². The van der Waals surface area contributed by atoms with Crippen LogP contribution in [0.5, 0.6) is 0 Å². The van der Waals surface area contributed by atoms with E-state index in [4.69, 9.17) is 5.14 Å². The van der Waals surface area contributed by atoms with E-state index < -0.39 is 10.0 Å². The smallest absolute Gasteiger partial charge is 0.238 e. The fourth-order valence-corrected chi connectivity index (χ4v) is 2.34. The Hall–Kier alpha value is -0.910. The molecule has 0 spiro atoms. The molecule has 1 atom stereocenters. The molecular formula is C13H22N2O2S. The van der Waals surface area contributed by atoms with Crippen molar-refractivity contribution in [2.24, 2.45) is 5.14 Å². The minimum Gasteiger partial charge on any atom is -0.310 e. The summed E-state index contributed by atoms with van der Waals surface area (Å²) in [6.45, 7) is 5.13. The van der Waals surface area contributed by atoms with Crippen molar-refractivity contribution in [1.82, 2.24) is 5.32 Å². The third-order valence-electron chi connectivity index (χ3n) is 2.92. The second-order valence-corrected chi connectivity index (χ2v) is 6.06. The van der Waals surface area contributed by atoms with E-state index in [9.17, 15) is 8.42 Å². The minimum atomic E-state index is -3.62. The van der Waals surface area contributed by atoms with Crippen molar-refractivity contribution in [3.8, 4) is 0 Å². The quantitative estimate of drug-likeness (QED) is 0.746. The average molecular weight is 270 g/mol. The second kappa shape index (κ2) is 6.87. The molecule has 0 bridgehead atoms. The lowest BCUT2D eigenvalue weighted by Crippen LogP contribution is -2.20. The van der Waals surface area contributed by atoms with Crippen molar-refractivity contribution in [2.45, 2.75) is 44.0 Å². The first-order valence-electron chi connectivity index (χ1n) is 6.31. The van der Waals surface area contributed by atoms with Gasteiger partial charge in [0.2, 0.25) is 10.0 Å². The molecule has 0 amide bonds. The number of unbranched alkanes of at least 4 members (excludes halogenated alkanes) is 2.